The number of rotatable bonds is 4. The summed E-state index contributed by atoms with van der Waals surface area (Å²) < 4.78 is 5.20. The Balaban J connectivity index is 1.91. The van der Waals surface area contributed by atoms with Crippen molar-refractivity contribution in [1.29, 1.82) is 0 Å². The molecule has 6 heteroatoms. The predicted molar refractivity (Wildman–Crippen MR) is 82.5 cm³/mol. The van der Waals surface area contributed by atoms with Gasteiger partial charge in [-0.2, -0.15) is 5.10 Å². The number of ether oxygens (including phenoxy) is 1. The van der Waals surface area contributed by atoms with Gasteiger partial charge in [-0.25, -0.2) is 4.98 Å². The second-order valence-corrected chi connectivity index (χ2v) is 4.82. The fourth-order valence-corrected chi connectivity index (χ4v) is 2.19. The lowest BCUT2D eigenvalue weighted by atomic mass is 10.1. The molecule has 0 aliphatic rings. The van der Waals surface area contributed by atoms with Crippen molar-refractivity contribution in [3.05, 3.63) is 59.9 Å². The Morgan fingerprint density at radius 3 is 2.77 bits per heavy atom. The van der Waals surface area contributed by atoms with Crippen LogP contribution in [0.1, 0.15) is 17.4 Å². The molecule has 6 nitrogen and oxygen atoms in total. The number of hydrogen-bond acceptors (Lipinski definition) is 5. The van der Waals surface area contributed by atoms with E-state index in [0.717, 1.165) is 11.3 Å². The molecule has 2 aromatic carbocycles. The number of phenolic OH excluding ortho intramolecular Hbond substituents is 1. The molecule has 0 saturated carbocycles. The second-order valence-electron chi connectivity index (χ2n) is 4.82. The van der Waals surface area contributed by atoms with Crippen LogP contribution >= 0.6 is 0 Å². The zero-order valence-electron chi connectivity index (χ0n) is 12.0. The van der Waals surface area contributed by atoms with E-state index in [4.69, 9.17) is 10.5 Å². The van der Waals surface area contributed by atoms with Crippen molar-refractivity contribution in [3.8, 4) is 22.9 Å². The van der Waals surface area contributed by atoms with Crippen molar-refractivity contribution in [2.75, 3.05) is 7.11 Å². The maximum absolute atomic E-state index is 9.86. The Kier molecular flexibility index (Phi) is 3.76. The van der Waals surface area contributed by atoms with E-state index < -0.39 is 6.04 Å². The third-order valence-electron chi connectivity index (χ3n) is 3.40. The molecular weight excluding hydrogens is 280 g/mol. The summed E-state index contributed by atoms with van der Waals surface area (Å²) in [5, 5.41) is 16.8. The van der Waals surface area contributed by atoms with E-state index in [-0.39, 0.29) is 5.75 Å². The van der Waals surface area contributed by atoms with Crippen molar-refractivity contribution >= 4 is 0 Å². The number of aromatic nitrogens is 3. The van der Waals surface area contributed by atoms with Gasteiger partial charge in [-0.3, -0.25) is 5.10 Å². The average molecular weight is 296 g/mol. The van der Waals surface area contributed by atoms with Crippen molar-refractivity contribution in [2.24, 2.45) is 5.73 Å². The van der Waals surface area contributed by atoms with Crippen LogP contribution in [0.25, 0.3) is 11.4 Å². The molecule has 0 fully saturated rings. The van der Waals surface area contributed by atoms with Crippen molar-refractivity contribution in [1.82, 2.24) is 15.2 Å². The SMILES string of the molecule is COc1cccc([C@@H](N)c2nc(-c3ccccc3O)n[nH]2)c1. The van der Waals surface area contributed by atoms with Gasteiger partial charge in [0, 0.05) is 0 Å². The largest absolute Gasteiger partial charge is 0.507 e. The summed E-state index contributed by atoms with van der Waals surface area (Å²) in [6.07, 6.45) is 0. The smallest absolute Gasteiger partial charge is 0.184 e. The van der Waals surface area contributed by atoms with Crippen molar-refractivity contribution < 1.29 is 9.84 Å². The molecule has 0 unspecified atom stereocenters. The monoisotopic (exact) mass is 296 g/mol. The number of nitrogens with two attached hydrogens (primary N) is 1. The Morgan fingerprint density at radius 2 is 2.00 bits per heavy atom. The van der Waals surface area contributed by atoms with Crippen LogP contribution in [0.3, 0.4) is 0 Å². The first-order valence-corrected chi connectivity index (χ1v) is 6.79. The summed E-state index contributed by atoms with van der Waals surface area (Å²) in [5.41, 5.74) is 7.64. The van der Waals surface area contributed by atoms with Crippen LogP contribution in [0.4, 0.5) is 0 Å². The summed E-state index contributed by atoms with van der Waals surface area (Å²) in [7, 11) is 1.61. The summed E-state index contributed by atoms with van der Waals surface area (Å²) in [5.74, 6) is 1.79. The van der Waals surface area contributed by atoms with E-state index in [9.17, 15) is 5.11 Å². The lowest BCUT2D eigenvalue weighted by Crippen LogP contribution is -2.13. The minimum Gasteiger partial charge on any atom is -0.507 e. The standard InChI is InChI=1S/C16H16N4O2/c1-22-11-6-4-5-10(9-11)14(17)16-18-15(19-20-16)12-7-2-3-8-13(12)21/h2-9,14,21H,17H2,1H3,(H,18,19,20)/t14-/m1/s1. The first-order chi connectivity index (χ1) is 10.7. The molecular formula is C16H16N4O2. The molecule has 0 spiro atoms. The fraction of sp³-hybridized carbons (Fsp3) is 0.125. The zero-order chi connectivity index (χ0) is 15.5. The number of aromatic amines is 1. The topological polar surface area (TPSA) is 97.1 Å². The van der Waals surface area contributed by atoms with Crippen LogP contribution < -0.4 is 10.5 Å². The summed E-state index contributed by atoms with van der Waals surface area (Å²) >= 11 is 0. The average Bonchev–Trinajstić information content (AvgIpc) is 3.04. The van der Waals surface area contributed by atoms with E-state index in [1.54, 1.807) is 25.3 Å². The maximum Gasteiger partial charge on any atom is 0.184 e. The molecule has 0 amide bonds. The molecule has 1 heterocycles. The molecule has 22 heavy (non-hydrogen) atoms. The van der Waals surface area contributed by atoms with E-state index in [1.165, 1.54) is 0 Å². The van der Waals surface area contributed by atoms with Gasteiger partial charge in [-0.15, -0.1) is 0 Å². The van der Waals surface area contributed by atoms with Gasteiger partial charge in [0.2, 0.25) is 0 Å². The fourth-order valence-electron chi connectivity index (χ4n) is 2.19. The first kappa shape index (κ1) is 14.1. The number of phenols is 1. The Labute approximate surface area is 127 Å². The normalized spacial score (nSPS) is 12.1. The van der Waals surface area contributed by atoms with E-state index in [0.29, 0.717) is 17.2 Å². The minimum atomic E-state index is -0.456. The predicted octanol–water partition coefficient (Wildman–Crippen LogP) is 2.23. The highest BCUT2D eigenvalue weighted by Gasteiger charge is 2.16. The van der Waals surface area contributed by atoms with Crippen LogP contribution in [0.15, 0.2) is 48.5 Å². The third kappa shape index (κ3) is 2.64. The highest BCUT2D eigenvalue weighted by atomic mass is 16.5. The van der Waals surface area contributed by atoms with Gasteiger partial charge in [-0.1, -0.05) is 24.3 Å². The van der Waals surface area contributed by atoms with Gasteiger partial charge < -0.3 is 15.6 Å². The second kappa shape index (κ2) is 5.87. The van der Waals surface area contributed by atoms with Crippen LogP contribution in [0.5, 0.6) is 11.5 Å². The van der Waals surface area contributed by atoms with Gasteiger partial charge in [0.1, 0.15) is 17.3 Å². The quantitative estimate of drug-likeness (QED) is 0.686. The first-order valence-electron chi connectivity index (χ1n) is 6.79. The molecule has 3 aromatic rings. The van der Waals surface area contributed by atoms with Crippen LogP contribution in [-0.4, -0.2) is 27.4 Å². The van der Waals surface area contributed by atoms with Crippen LogP contribution in [-0.2, 0) is 0 Å². The summed E-state index contributed by atoms with van der Waals surface area (Å²) in [6, 6.07) is 13.9. The molecule has 0 radical (unpaired) electrons. The van der Waals surface area contributed by atoms with E-state index in [1.807, 2.05) is 30.3 Å². The molecule has 112 valence electrons. The number of aromatic hydroxyl groups is 1. The van der Waals surface area contributed by atoms with E-state index in [2.05, 4.69) is 15.2 Å². The molecule has 1 atom stereocenters. The maximum atomic E-state index is 9.86. The van der Waals surface area contributed by atoms with Gasteiger partial charge in [0.05, 0.1) is 18.7 Å². The molecule has 3 rings (SSSR count). The number of nitrogens with one attached hydrogen (secondary N) is 1. The number of methoxy groups -OCH3 is 1. The van der Waals surface area contributed by atoms with Crippen LogP contribution in [0.2, 0.25) is 0 Å². The highest BCUT2D eigenvalue weighted by Crippen LogP contribution is 2.27. The highest BCUT2D eigenvalue weighted by molar-refractivity contribution is 5.63. The zero-order valence-corrected chi connectivity index (χ0v) is 12.0. The van der Waals surface area contributed by atoms with Gasteiger partial charge in [0.25, 0.3) is 0 Å². The molecule has 4 N–H and O–H groups in total. The summed E-state index contributed by atoms with van der Waals surface area (Å²) in [4.78, 5) is 4.38. The lowest BCUT2D eigenvalue weighted by molar-refractivity contribution is 0.414. The third-order valence-corrected chi connectivity index (χ3v) is 3.40. The number of nitrogens with zero attached hydrogens (tertiary/aromatic N) is 2. The Bertz CT molecular complexity index is 785. The molecule has 0 aliphatic heterocycles. The van der Waals surface area contributed by atoms with Gasteiger partial charge >= 0.3 is 0 Å². The van der Waals surface area contributed by atoms with Gasteiger partial charge in [-0.05, 0) is 29.8 Å². The molecule has 0 bridgehead atoms. The minimum absolute atomic E-state index is 0.128. The van der Waals surface area contributed by atoms with Crippen molar-refractivity contribution in [3.63, 3.8) is 0 Å². The number of hydrogen-bond donors (Lipinski definition) is 3. The van der Waals surface area contributed by atoms with E-state index >= 15 is 0 Å². The number of H-pyrrole nitrogens is 1. The summed E-state index contributed by atoms with van der Waals surface area (Å²) in [6.45, 7) is 0. The van der Waals surface area contributed by atoms with Gasteiger partial charge in [0.15, 0.2) is 5.82 Å². The molecule has 0 saturated heterocycles. The number of para-hydroxylation sites is 1. The molecule has 1 aromatic heterocycles. The Morgan fingerprint density at radius 1 is 1.18 bits per heavy atom. The van der Waals surface area contributed by atoms with Crippen molar-refractivity contribution in [2.45, 2.75) is 6.04 Å². The van der Waals surface area contributed by atoms with Crippen LogP contribution in [0, 0.1) is 0 Å². The number of benzene rings is 2. The molecule has 0 aliphatic carbocycles. The Hall–Kier alpha value is -2.86. The lowest BCUT2D eigenvalue weighted by Gasteiger charge is -2.09.